The summed E-state index contributed by atoms with van der Waals surface area (Å²) < 4.78 is 0. The average molecular weight is 317 g/mol. The van der Waals surface area contributed by atoms with Crippen LogP contribution in [0.15, 0.2) is 72.0 Å². The molecule has 24 heavy (non-hydrogen) atoms. The molecule has 1 heterocycles. The molecule has 2 aromatic carbocycles. The monoisotopic (exact) mass is 317 g/mol. The largest absolute Gasteiger partial charge is 0.380 e. The van der Waals surface area contributed by atoms with Gasteiger partial charge in [-0.2, -0.15) is 0 Å². The SMILES string of the molecule is CC1=CNC(c2cc(-c3ccccc3)ccc2C(C)(C)C)C=C1C. The molecule has 3 rings (SSSR count). The van der Waals surface area contributed by atoms with Crippen molar-refractivity contribution in [3.05, 3.63) is 83.1 Å². The van der Waals surface area contributed by atoms with Crippen LogP contribution in [0.3, 0.4) is 0 Å². The molecule has 0 bridgehead atoms. The van der Waals surface area contributed by atoms with Gasteiger partial charge >= 0.3 is 0 Å². The predicted molar refractivity (Wildman–Crippen MR) is 104 cm³/mol. The van der Waals surface area contributed by atoms with Crippen molar-refractivity contribution in [2.45, 2.75) is 46.1 Å². The summed E-state index contributed by atoms with van der Waals surface area (Å²) in [5.41, 5.74) is 8.08. The fourth-order valence-electron chi connectivity index (χ4n) is 3.25. The van der Waals surface area contributed by atoms with Crippen LogP contribution >= 0.6 is 0 Å². The van der Waals surface area contributed by atoms with E-state index in [1.54, 1.807) is 0 Å². The molecule has 124 valence electrons. The molecular weight excluding hydrogens is 290 g/mol. The van der Waals surface area contributed by atoms with Crippen LogP contribution in [0.2, 0.25) is 0 Å². The second-order valence-electron chi connectivity index (χ2n) is 7.74. The van der Waals surface area contributed by atoms with Gasteiger partial charge in [-0.25, -0.2) is 0 Å². The minimum absolute atomic E-state index is 0.115. The van der Waals surface area contributed by atoms with E-state index in [9.17, 15) is 0 Å². The van der Waals surface area contributed by atoms with Gasteiger partial charge in [0, 0.05) is 6.20 Å². The lowest BCUT2D eigenvalue weighted by atomic mass is 9.80. The van der Waals surface area contributed by atoms with E-state index in [2.05, 4.69) is 101 Å². The van der Waals surface area contributed by atoms with Gasteiger partial charge in [-0.05, 0) is 58.7 Å². The Hall–Kier alpha value is -2.28. The molecule has 1 N–H and O–H groups in total. The summed E-state index contributed by atoms with van der Waals surface area (Å²) in [7, 11) is 0. The van der Waals surface area contributed by atoms with E-state index in [4.69, 9.17) is 0 Å². The predicted octanol–water partition coefficient (Wildman–Crippen LogP) is 6.15. The standard InChI is InChI=1S/C23H27N/c1-16-13-22(24-15-17(16)2)20-14-19(18-9-7-6-8-10-18)11-12-21(20)23(3,4)5/h6-15,22,24H,1-5H3. The van der Waals surface area contributed by atoms with Crippen LogP contribution < -0.4 is 5.32 Å². The highest BCUT2D eigenvalue weighted by Crippen LogP contribution is 2.35. The van der Waals surface area contributed by atoms with Crippen LogP contribution in [0, 0.1) is 0 Å². The van der Waals surface area contributed by atoms with Gasteiger partial charge < -0.3 is 5.32 Å². The third-order valence-electron chi connectivity index (χ3n) is 4.82. The number of benzene rings is 2. The Morgan fingerprint density at radius 3 is 2.17 bits per heavy atom. The zero-order valence-electron chi connectivity index (χ0n) is 15.4. The maximum atomic E-state index is 3.57. The zero-order valence-corrected chi connectivity index (χ0v) is 15.4. The van der Waals surface area contributed by atoms with Crippen LogP contribution in [-0.2, 0) is 5.41 Å². The lowest BCUT2D eigenvalue weighted by Crippen LogP contribution is -2.23. The Kier molecular flexibility index (Phi) is 4.36. The number of hydrogen-bond acceptors (Lipinski definition) is 1. The molecule has 0 aliphatic carbocycles. The summed E-state index contributed by atoms with van der Waals surface area (Å²) >= 11 is 0. The molecule has 0 fully saturated rings. The second kappa shape index (κ2) is 6.32. The van der Waals surface area contributed by atoms with Gasteiger partial charge in [0.15, 0.2) is 0 Å². The van der Waals surface area contributed by atoms with Crippen molar-refractivity contribution < 1.29 is 0 Å². The first kappa shape index (κ1) is 16.6. The number of dihydropyridines is 1. The van der Waals surface area contributed by atoms with E-state index in [1.807, 2.05) is 0 Å². The number of nitrogens with one attached hydrogen (secondary N) is 1. The molecule has 1 atom stereocenters. The first-order valence-corrected chi connectivity index (χ1v) is 8.68. The smallest absolute Gasteiger partial charge is 0.0701 e. The third-order valence-corrected chi connectivity index (χ3v) is 4.82. The summed E-state index contributed by atoms with van der Waals surface area (Å²) in [6, 6.07) is 17.7. The Labute approximate surface area is 146 Å². The van der Waals surface area contributed by atoms with E-state index >= 15 is 0 Å². The van der Waals surface area contributed by atoms with Gasteiger partial charge in [0.1, 0.15) is 0 Å². The van der Waals surface area contributed by atoms with Crippen molar-refractivity contribution in [1.82, 2.24) is 5.32 Å². The van der Waals surface area contributed by atoms with E-state index in [0.717, 1.165) is 0 Å². The third kappa shape index (κ3) is 3.31. The molecule has 1 aliphatic heterocycles. The van der Waals surface area contributed by atoms with Crippen LogP contribution in [0.25, 0.3) is 11.1 Å². The first-order chi connectivity index (χ1) is 11.4. The maximum Gasteiger partial charge on any atom is 0.0701 e. The molecule has 1 nitrogen and oxygen atoms in total. The molecule has 0 aromatic heterocycles. The minimum Gasteiger partial charge on any atom is -0.380 e. The van der Waals surface area contributed by atoms with E-state index in [-0.39, 0.29) is 11.5 Å². The quantitative estimate of drug-likeness (QED) is 0.701. The molecule has 0 saturated carbocycles. The van der Waals surface area contributed by atoms with Gasteiger partial charge in [-0.15, -0.1) is 0 Å². The highest BCUT2D eigenvalue weighted by atomic mass is 14.9. The fourth-order valence-corrected chi connectivity index (χ4v) is 3.25. The fraction of sp³-hybridized carbons (Fsp3) is 0.304. The summed E-state index contributed by atoms with van der Waals surface area (Å²) in [6.07, 6.45) is 4.48. The van der Waals surface area contributed by atoms with Gasteiger partial charge in [0.25, 0.3) is 0 Å². The maximum absolute atomic E-state index is 3.57. The van der Waals surface area contributed by atoms with Crippen molar-refractivity contribution in [2.24, 2.45) is 0 Å². The highest BCUT2D eigenvalue weighted by molar-refractivity contribution is 5.66. The van der Waals surface area contributed by atoms with E-state index in [1.165, 1.54) is 33.4 Å². The normalized spacial score (nSPS) is 17.8. The first-order valence-electron chi connectivity index (χ1n) is 8.68. The molecular formula is C23H27N. The van der Waals surface area contributed by atoms with Gasteiger partial charge in [-0.1, -0.05) is 69.3 Å². The molecule has 2 aromatic rings. The highest BCUT2D eigenvalue weighted by Gasteiger charge is 2.23. The Balaban J connectivity index is 2.11. The number of allylic oxidation sites excluding steroid dienone is 2. The molecule has 1 aliphatic rings. The number of hydrogen-bond donors (Lipinski definition) is 1. The molecule has 0 amide bonds. The van der Waals surface area contributed by atoms with Crippen LogP contribution in [0.1, 0.15) is 51.8 Å². The van der Waals surface area contributed by atoms with Gasteiger partial charge in [0.05, 0.1) is 6.04 Å². The zero-order chi connectivity index (χ0) is 17.3. The molecule has 0 saturated heterocycles. The van der Waals surface area contributed by atoms with Crippen molar-refractivity contribution in [3.63, 3.8) is 0 Å². The lowest BCUT2D eigenvalue weighted by molar-refractivity contribution is 0.571. The molecule has 1 unspecified atom stereocenters. The number of rotatable bonds is 2. The average Bonchev–Trinajstić information content (AvgIpc) is 2.57. The van der Waals surface area contributed by atoms with Gasteiger partial charge in [-0.3, -0.25) is 0 Å². The topological polar surface area (TPSA) is 12.0 Å². The van der Waals surface area contributed by atoms with Crippen LogP contribution in [0.5, 0.6) is 0 Å². The van der Waals surface area contributed by atoms with Crippen molar-refractivity contribution >= 4 is 0 Å². The van der Waals surface area contributed by atoms with Crippen molar-refractivity contribution in [3.8, 4) is 11.1 Å². The summed E-state index contributed by atoms with van der Waals surface area (Å²) in [6.45, 7) is 11.2. The van der Waals surface area contributed by atoms with Gasteiger partial charge in [0.2, 0.25) is 0 Å². The summed E-state index contributed by atoms with van der Waals surface area (Å²) in [4.78, 5) is 0. The van der Waals surface area contributed by atoms with Crippen molar-refractivity contribution in [2.75, 3.05) is 0 Å². The van der Waals surface area contributed by atoms with Crippen LogP contribution in [0.4, 0.5) is 0 Å². The molecule has 1 heteroatoms. The summed E-state index contributed by atoms with van der Waals surface area (Å²) in [5, 5.41) is 3.57. The van der Waals surface area contributed by atoms with E-state index in [0.29, 0.717) is 0 Å². The van der Waals surface area contributed by atoms with E-state index < -0.39 is 0 Å². The Bertz CT molecular complexity index is 789. The van der Waals surface area contributed by atoms with Crippen LogP contribution in [-0.4, -0.2) is 0 Å². The molecule has 0 radical (unpaired) electrons. The molecule has 0 spiro atoms. The lowest BCUT2D eigenvalue weighted by Gasteiger charge is -2.29. The minimum atomic E-state index is 0.115. The van der Waals surface area contributed by atoms with Crippen molar-refractivity contribution in [1.29, 1.82) is 0 Å². The Morgan fingerprint density at radius 1 is 0.833 bits per heavy atom. The summed E-state index contributed by atoms with van der Waals surface area (Å²) in [5.74, 6) is 0. The Morgan fingerprint density at radius 2 is 1.54 bits per heavy atom. The second-order valence-corrected chi connectivity index (χ2v) is 7.74.